The van der Waals surface area contributed by atoms with Crippen LogP contribution in [0.3, 0.4) is 0 Å². The molecule has 2 aliphatic rings. The van der Waals surface area contributed by atoms with E-state index in [1.807, 2.05) is 0 Å². The number of nitrogens with zero attached hydrogens (tertiary/aromatic N) is 2. The summed E-state index contributed by atoms with van der Waals surface area (Å²) in [4.78, 5) is 24.3. The maximum atomic E-state index is 12.5. The molecule has 0 unspecified atom stereocenters. The first kappa shape index (κ1) is 17.9. The van der Waals surface area contributed by atoms with Gasteiger partial charge in [0.15, 0.2) is 16.4 Å². The number of carbonyl (C=O) groups excluding carboxylic acids is 1. The quantitative estimate of drug-likeness (QED) is 0.543. The molecule has 136 valence electrons. The molecule has 2 fully saturated rings. The summed E-state index contributed by atoms with van der Waals surface area (Å²) in [6.45, 7) is -0.287. The summed E-state index contributed by atoms with van der Waals surface area (Å²) in [5.41, 5.74) is -0.167. The molecule has 25 heavy (non-hydrogen) atoms. The zero-order chi connectivity index (χ0) is 18.2. The van der Waals surface area contributed by atoms with E-state index < -0.39 is 14.8 Å². The van der Waals surface area contributed by atoms with Gasteiger partial charge in [0.05, 0.1) is 21.5 Å². The Bertz CT molecular complexity index is 808. The number of amides is 1. The number of sulfone groups is 1. The third-order valence-electron chi connectivity index (χ3n) is 4.31. The molecule has 8 nitrogen and oxygen atoms in total. The Kier molecular flexibility index (Phi) is 4.88. The number of non-ortho nitro benzene ring substituents is 1. The summed E-state index contributed by atoms with van der Waals surface area (Å²) >= 11 is 5.94. The third-order valence-corrected chi connectivity index (χ3v) is 6.35. The summed E-state index contributed by atoms with van der Waals surface area (Å²) in [6, 6.07) is 3.51. The number of carbonyl (C=O) groups is 1. The van der Waals surface area contributed by atoms with Crippen molar-refractivity contribution in [3.8, 4) is 5.75 Å². The minimum atomic E-state index is -3.09. The Morgan fingerprint density at radius 1 is 1.32 bits per heavy atom. The minimum Gasteiger partial charge on any atom is -0.482 e. The second-order valence-corrected chi connectivity index (χ2v) is 8.89. The SMILES string of the molecule is O=C(COc1ccc([N+](=O)[O-])cc1Cl)N(C1CC1)[C@@H]1CCS(=O)(=O)C1. The Hall–Kier alpha value is -1.87. The lowest BCUT2D eigenvalue weighted by Gasteiger charge is -2.28. The zero-order valence-electron chi connectivity index (χ0n) is 13.3. The summed E-state index contributed by atoms with van der Waals surface area (Å²) in [6.07, 6.45) is 2.17. The van der Waals surface area contributed by atoms with Crippen LogP contribution in [0, 0.1) is 10.1 Å². The lowest BCUT2D eigenvalue weighted by Crippen LogP contribution is -2.45. The number of rotatable bonds is 6. The van der Waals surface area contributed by atoms with E-state index in [9.17, 15) is 23.3 Å². The Morgan fingerprint density at radius 3 is 2.56 bits per heavy atom. The van der Waals surface area contributed by atoms with E-state index in [2.05, 4.69) is 0 Å². The molecular formula is C15H17ClN2O6S. The van der Waals surface area contributed by atoms with Gasteiger partial charge in [-0.15, -0.1) is 0 Å². The summed E-state index contributed by atoms with van der Waals surface area (Å²) in [5.74, 6) is -0.0223. The predicted octanol–water partition coefficient (Wildman–Crippen LogP) is 1.81. The monoisotopic (exact) mass is 388 g/mol. The van der Waals surface area contributed by atoms with Crippen molar-refractivity contribution in [3.63, 3.8) is 0 Å². The van der Waals surface area contributed by atoms with Crippen LogP contribution in [0.25, 0.3) is 0 Å². The third kappa shape index (κ3) is 4.21. The van der Waals surface area contributed by atoms with Crippen LogP contribution in [-0.2, 0) is 14.6 Å². The first-order chi connectivity index (χ1) is 11.8. The van der Waals surface area contributed by atoms with Crippen LogP contribution in [0.15, 0.2) is 18.2 Å². The molecule has 1 aromatic rings. The van der Waals surface area contributed by atoms with E-state index in [0.717, 1.165) is 18.9 Å². The number of nitro groups is 1. The fourth-order valence-electron chi connectivity index (χ4n) is 2.99. The maximum Gasteiger partial charge on any atom is 0.271 e. The molecule has 1 saturated carbocycles. The van der Waals surface area contributed by atoms with E-state index in [4.69, 9.17) is 16.3 Å². The molecule has 1 heterocycles. The average Bonchev–Trinajstić information content (AvgIpc) is 3.29. The van der Waals surface area contributed by atoms with Gasteiger partial charge in [0.25, 0.3) is 11.6 Å². The van der Waals surface area contributed by atoms with Gasteiger partial charge in [-0.25, -0.2) is 8.42 Å². The van der Waals surface area contributed by atoms with Crippen molar-refractivity contribution < 1.29 is 22.9 Å². The highest BCUT2D eigenvalue weighted by atomic mass is 35.5. The molecule has 0 radical (unpaired) electrons. The fourth-order valence-corrected chi connectivity index (χ4v) is 4.93. The molecule has 1 atom stereocenters. The molecule has 3 rings (SSSR count). The van der Waals surface area contributed by atoms with E-state index in [1.54, 1.807) is 4.90 Å². The first-order valence-electron chi connectivity index (χ1n) is 7.85. The van der Waals surface area contributed by atoms with E-state index in [1.165, 1.54) is 12.1 Å². The van der Waals surface area contributed by atoms with Crippen LogP contribution in [0.1, 0.15) is 19.3 Å². The molecule has 0 aromatic heterocycles. The number of benzene rings is 1. The number of halogens is 1. The molecule has 1 aliphatic heterocycles. The highest BCUT2D eigenvalue weighted by Gasteiger charge is 2.42. The van der Waals surface area contributed by atoms with Crippen LogP contribution < -0.4 is 4.74 Å². The van der Waals surface area contributed by atoms with Gasteiger partial charge in [0.2, 0.25) is 0 Å². The van der Waals surface area contributed by atoms with Crippen molar-refractivity contribution in [3.05, 3.63) is 33.3 Å². The molecule has 1 amide bonds. The highest BCUT2D eigenvalue weighted by molar-refractivity contribution is 7.91. The van der Waals surface area contributed by atoms with Crippen molar-refractivity contribution in [2.45, 2.75) is 31.3 Å². The minimum absolute atomic E-state index is 0.00642. The summed E-state index contributed by atoms with van der Waals surface area (Å²) in [5, 5.41) is 10.7. The number of ether oxygens (including phenoxy) is 1. The molecule has 10 heteroatoms. The van der Waals surface area contributed by atoms with Gasteiger partial charge in [0, 0.05) is 24.2 Å². The van der Waals surface area contributed by atoms with Crippen LogP contribution >= 0.6 is 11.6 Å². The fraction of sp³-hybridized carbons (Fsp3) is 0.533. The van der Waals surface area contributed by atoms with Crippen molar-refractivity contribution in [2.75, 3.05) is 18.1 Å². The lowest BCUT2D eigenvalue weighted by atomic mass is 10.2. The van der Waals surface area contributed by atoms with Crippen LogP contribution in [0.2, 0.25) is 5.02 Å². The molecule has 0 bridgehead atoms. The van der Waals surface area contributed by atoms with Crippen molar-refractivity contribution in [1.29, 1.82) is 0 Å². The van der Waals surface area contributed by atoms with Gasteiger partial charge in [-0.3, -0.25) is 14.9 Å². The largest absolute Gasteiger partial charge is 0.482 e. The van der Waals surface area contributed by atoms with E-state index in [0.29, 0.717) is 6.42 Å². The molecule has 1 aliphatic carbocycles. The number of nitro benzene ring substituents is 1. The van der Waals surface area contributed by atoms with Gasteiger partial charge >= 0.3 is 0 Å². The topological polar surface area (TPSA) is 107 Å². The summed E-state index contributed by atoms with van der Waals surface area (Å²) in [7, 11) is -3.09. The van der Waals surface area contributed by atoms with Crippen molar-refractivity contribution in [2.24, 2.45) is 0 Å². The number of hydrogen-bond donors (Lipinski definition) is 0. The standard InChI is InChI=1S/C15H17ClN2O6S/c16-13-7-11(18(20)21)3-4-14(13)24-8-15(19)17(10-1-2-10)12-5-6-25(22,23)9-12/h3-4,7,10,12H,1-2,5-6,8-9H2/t12-/m1/s1. The molecule has 0 spiro atoms. The average molecular weight is 389 g/mol. The Balaban J connectivity index is 1.65. The predicted molar refractivity (Wildman–Crippen MR) is 90.5 cm³/mol. The van der Waals surface area contributed by atoms with Gasteiger partial charge in [0.1, 0.15) is 5.75 Å². The van der Waals surface area contributed by atoms with Gasteiger partial charge < -0.3 is 9.64 Å². The van der Waals surface area contributed by atoms with Crippen LogP contribution in [0.4, 0.5) is 5.69 Å². The van der Waals surface area contributed by atoms with Crippen LogP contribution in [0.5, 0.6) is 5.75 Å². The van der Waals surface area contributed by atoms with Crippen molar-refractivity contribution in [1.82, 2.24) is 4.90 Å². The second kappa shape index (κ2) is 6.80. The van der Waals surface area contributed by atoms with Gasteiger partial charge in [-0.2, -0.15) is 0 Å². The van der Waals surface area contributed by atoms with Crippen molar-refractivity contribution >= 4 is 33.0 Å². The number of hydrogen-bond acceptors (Lipinski definition) is 6. The maximum absolute atomic E-state index is 12.5. The molecular weight excluding hydrogens is 372 g/mol. The lowest BCUT2D eigenvalue weighted by molar-refractivity contribution is -0.384. The van der Waals surface area contributed by atoms with E-state index >= 15 is 0 Å². The normalized spacial score (nSPS) is 21.7. The molecule has 1 saturated heterocycles. The van der Waals surface area contributed by atoms with Gasteiger partial charge in [-0.05, 0) is 25.3 Å². The Labute approximate surface area is 149 Å². The summed E-state index contributed by atoms with van der Waals surface area (Å²) < 4.78 is 28.8. The highest BCUT2D eigenvalue weighted by Crippen LogP contribution is 2.33. The Morgan fingerprint density at radius 2 is 2.04 bits per heavy atom. The van der Waals surface area contributed by atoms with Gasteiger partial charge in [-0.1, -0.05) is 11.6 Å². The smallest absolute Gasteiger partial charge is 0.271 e. The molecule has 0 N–H and O–H groups in total. The second-order valence-electron chi connectivity index (χ2n) is 6.25. The first-order valence-corrected chi connectivity index (χ1v) is 10.0. The molecule has 1 aromatic carbocycles. The van der Waals surface area contributed by atoms with Crippen LogP contribution in [-0.4, -0.2) is 54.3 Å². The van der Waals surface area contributed by atoms with E-state index in [-0.39, 0.29) is 52.6 Å². The zero-order valence-corrected chi connectivity index (χ0v) is 14.8.